The Morgan fingerprint density at radius 3 is 2.38 bits per heavy atom. The van der Waals surface area contributed by atoms with E-state index in [4.69, 9.17) is 9.72 Å². The van der Waals surface area contributed by atoms with Gasteiger partial charge in [0.25, 0.3) is 5.56 Å². The number of methoxy groups -OCH3 is 1. The number of amides is 1. The van der Waals surface area contributed by atoms with Gasteiger partial charge in [0.05, 0.1) is 29.7 Å². The third-order valence-electron chi connectivity index (χ3n) is 5.56. The van der Waals surface area contributed by atoms with Gasteiger partial charge in [0.2, 0.25) is 5.91 Å². The van der Waals surface area contributed by atoms with Crippen molar-refractivity contribution in [1.29, 1.82) is 0 Å². The number of hydrogen-bond donors (Lipinski definition) is 0. The first kappa shape index (κ1) is 23.5. The molecule has 1 atom stereocenters. The molecule has 0 fully saturated rings. The molecule has 0 spiro atoms. The quantitative estimate of drug-likeness (QED) is 0.467. The number of rotatable bonds is 9. The second-order valence-corrected chi connectivity index (χ2v) is 8.43. The monoisotopic (exact) mass is 435 g/mol. The Hall–Kier alpha value is -3.15. The van der Waals surface area contributed by atoms with Gasteiger partial charge in [-0.3, -0.25) is 14.2 Å². The van der Waals surface area contributed by atoms with Crippen LogP contribution in [0.3, 0.4) is 0 Å². The zero-order valence-corrected chi connectivity index (χ0v) is 19.7. The van der Waals surface area contributed by atoms with Crippen molar-refractivity contribution in [3.8, 4) is 11.4 Å². The number of fused-ring (bicyclic) bond motifs is 1. The number of aromatic nitrogens is 2. The maximum absolute atomic E-state index is 13.6. The van der Waals surface area contributed by atoms with Crippen LogP contribution >= 0.6 is 0 Å². The fraction of sp³-hybridized carbons (Fsp3) is 0.423. The Morgan fingerprint density at radius 1 is 1.09 bits per heavy atom. The van der Waals surface area contributed by atoms with Gasteiger partial charge in [0.15, 0.2) is 0 Å². The Kier molecular flexibility index (Phi) is 7.67. The topological polar surface area (TPSA) is 64.4 Å². The number of carbonyl (C=O) groups excluding carboxylic acids is 1. The fourth-order valence-corrected chi connectivity index (χ4v) is 4.06. The summed E-state index contributed by atoms with van der Waals surface area (Å²) >= 11 is 0. The molecule has 1 amide bonds. The van der Waals surface area contributed by atoms with Gasteiger partial charge >= 0.3 is 0 Å². The zero-order chi connectivity index (χ0) is 23.3. The second-order valence-electron chi connectivity index (χ2n) is 8.43. The van der Waals surface area contributed by atoms with Crippen LogP contribution in [0.1, 0.15) is 58.8 Å². The van der Waals surface area contributed by atoms with E-state index in [1.807, 2.05) is 68.1 Å². The number of para-hydroxylation sites is 1. The first-order valence-corrected chi connectivity index (χ1v) is 11.4. The smallest absolute Gasteiger partial charge is 0.266 e. The molecule has 0 bridgehead atoms. The van der Waals surface area contributed by atoms with Gasteiger partial charge < -0.3 is 9.64 Å². The number of carbonyl (C=O) groups is 1. The third-order valence-corrected chi connectivity index (χ3v) is 5.56. The SMILES string of the molecule is CCCN(C(=O)CC(C)C)C(CC)c1nc2ccccc2c(=O)n1-c1ccc(OC)cc1. The summed E-state index contributed by atoms with van der Waals surface area (Å²) in [5, 5.41) is 0.553. The predicted molar refractivity (Wildman–Crippen MR) is 128 cm³/mol. The number of nitrogens with zero attached hydrogens (tertiary/aromatic N) is 3. The maximum Gasteiger partial charge on any atom is 0.266 e. The van der Waals surface area contributed by atoms with Crippen molar-refractivity contribution >= 4 is 16.8 Å². The number of ether oxygens (including phenoxy) is 1. The molecule has 6 nitrogen and oxygen atoms in total. The van der Waals surface area contributed by atoms with Gasteiger partial charge in [-0.15, -0.1) is 0 Å². The Morgan fingerprint density at radius 2 is 1.78 bits per heavy atom. The molecule has 1 aromatic heterocycles. The summed E-state index contributed by atoms with van der Waals surface area (Å²) in [5.41, 5.74) is 1.21. The maximum atomic E-state index is 13.6. The molecular weight excluding hydrogens is 402 g/mol. The van der Waals surface area contributed by atoms with Crippen molar-refractivity contribution in [2.75, 3.05) is 13.7 Å². The van der Waals surface area contributed by atoms with Gasteiger partial charge in [0, 0.05) is 13.0 Å². The van der Waals surface area contributed by atoms with Crippen LogP contribution in [0.25, 0.3) is 16.6 Å². The van der Waals surface area contributed by atoms with E-state index in [9.17, 15) is 9.59 Å². The first-order chi connectivity index (χ1) is 15.4. The van der Waals surface area contributed by atoms with Crippen LogP contribution in [-0.4, -0.2) is 34.0 Å². The van der Waals surface area contributed by atoms with Crippen molar-refractivity contribution in [3.63, 3.8) is 0 Å². The lowest BCUT2D eigenvalue weighted by atomic mass is 10.1. The minimum absolute atomic E-state index is 0.0948. The lowest BCUT2D eigenvalue weighted by molar-refractivity contribution is -0.134. The molecule has 0 N–H and O–H groups in total. The zero-order valence-electron chi connectivity index (χ0n) is 19.7. The Bertz CT molecular complexity index is 1120. The summed E-state index contributed by atoms with van der Waals surface area (Å²) in [6.45, 7) is 8.81. The summed E-state index contributed by atoms with van der Waals surface area (Å²) in [4.78, 5) is 33.7. The highest BCUT2D eigenvalue weighted by Crippen LogP contribution is 2.28. The number of hydrogen-bond acceptors (Lipinski definition) is 4. The van der Waals surface area contributed by atoms with E-state index in [0.717, 1.165) is 6.42 Å². The Balaban J connectivity index is 2.25. The lowest BCUT2D eigenvalue weighted by Gasteiger charge is -2.32. The molecule has 0 aliphatic carbocycles. The van der Waals surface area contributed by atoms with Gasteiger partial charge in [-0.25, -0.2) is 4.98 Å². The standard InChI is InChI=1S/C26H33N3O3/c1-6-16-28(24(30)17-18(3)4)23(7-2)25-27-22-11-9-8-10-21(22)26(31)29(25)19-12-14-20(32-5)15-13-19/h8-15,18,23H,6-7,16-17H2,1-5H3. The molecule has 1 heterocycles. The van der Waals surface area contributed by atoms with Crippen LogP contribution < -0.4 is 10.3 Å². The highest BCUT2D eigenvalue weighted by atomic mass is 16.5. The van der Waals surface area contributed by atoms with Gasteiger partial charge in [0.1, 0.15) is 11.6 Å². The summed E-state index contributed by atoms with van der Waals surface area (Å²) in [5.74, 6) is 1.65. The van der Waals surface area contributed by atoms with Crippen LogP contribution in [0.5, 0.6) is 5.75 Å². The minimum Gasteiger partial charge on any atom is -0.497 e. The summed E-state index contributed by atoms with van der Waals surface area (Å²) in [6.07, 6.45) is 1.96. The average molecular weight is 436 g/mol. The van der Waals surface area contributed by atoms with E-state index in [1.54, 1.807) is 17.7 Å². The van der Waals surface area contributed by atoms with Crippen molar-refractivity contribution in [2.45, 2.75) is 53.0 Å². The molecule has 1 unspecified atom stereocenters. The molecule has 2 aromatic carbocycles. The molecule has 0 aliphatic rings. The van der Waals surface area contributed by atoms with E-state index < -0.39 is 0 Å². The van der Waals surface area contributed by atoms with Crippen molar-refractivity contribution < 1.29 is 9.53 Å². The molecule has 170 valence electrons. The molecule has 3 rings (SSSR count). The molecule has 0 radical (unpaired) electrons. The van der Waals surface area contributed by atoms with Crippen LogP contribution in [-0.2, 0) is 4.79 Å². The molecule has 3 aromatic rings. The minimum atomic E-state index is -0.305. The van der Waals surface area contributed by atoms with Crippen LogP contribution in [0.15, 0.2) is 53.3 Å². The van der Waals surface area contributed by atoms with Crippen LogP contribution in [0.4, 0.5) is 0 Å². The first-order valence-electron chi connectivity index (χ1n) is 11.4. The van der Waals surface area contributed by atoms with Crippen molar-refractivity contribution in [1.82, 2.24) is 14.5 Å². The summed E-state index contributed by atoms with van der Waals surface area (Å²) < 4.78 is 6.94. The molecule has 0 saturated carbocycles. The van der Waals surface area contributed by atoms with E-state index in [-0.39, 0.29) is 23.4 Å². The van der Waals surface area contributed by atoms with Crippen molar-refractivity contribution in [3.05, 3.63) is 64.7 Å². The molecular formula is C26H33N3O3. The van der Waals surface area contributed by atoms with E-state index >= 15 is 0 Å². The average Bonchev–Trinajstić information content (AvgIpc) is 2.79. The highest BCUT2D eigenvalue weighted by molar-refractivity contribution is 5.79. The summed E-state index contributed by atoms with van der Waals surface area (Å²) in [7, 11) is 1.61. The largest absolute Gasteiger partial charge is 0.497 e. The third kappa shape index (κ3) is 4.85. The predicted octanol–water partition coefficient (Wildman–Crippen LogP) is 5.13. The van der Waals surface area contributed by atoms with E-state index in [0.29, 0.717) is 47.6 Å². The van der Waals surface area contributed by atoms with Gasteiger partial charge in [-0.1, -0.05) is 39.8 Å². The molecule has 0 aliphatic heterocycles. The van der Waals surface area contributed by atoms with Gasteiger partial charge in [-0.05, 0) is 55.2 Å². The normalized spacial score (nSPS) is 12.2. The van der Waals surface area contributed by atoms with Crippen molar-refractivity contribution in [2.24, 2.45) is 5.92 Å². The molecule has 0 saturated heterocycles. The van der Waals surface area contributed by atoms with Crippen LogP contribution in [0, 0.1) is 5.92 Å². The Labute approximate surface area is 189 Å². The molecule has 32 heavy (non-hydrogen) atoms. The van der Waals surface area contributed by atoms with E-state index in [2.05, 4.69) is 6.92 Å². The fourth-order valence-electron chi connectivity index (χ4n) is 4.06. The summed E-state index contributed by atoms with van der Waals surface area (Å²) in [6, 6.07) is 14.4. The lowest BCUT2D eigenvalue weighted by Crippen LogP contribution is -2.39. The van der Waals surface area contributed by atoms with Crippen LogP contribution in [0.2, 0.25) is 0 Å². The molecule has 6 heteroatoms. The van der Waals surface area contributed by atoms with Gasteiger partial charge in [-0.2, -0.15) is 0 Å². The van der Waals surface area contributed by atoms with E-state index in [1.165, 1.54) is 0 Å². The second kappa shape index (κ2) is 10.4. The highest BCUT2D eigenvalue weighted by Gasteiger charge is 2.28. The number of benzene rings is 2.